The zero-order valence-corrected chi connectivity index (χ0v) is 10.5. The van der Waals surface area contributed by atoms with Crippen LogP contribution in [0.2, 0.25) is 0 Å². The second-order valence-corrected chi connectivity index (χ2v) is 4.59. The second kappa shape index (κ2) is 5.44. The number of amides is 1. The highest BCUT2D eigenvalue weighted by molar-refractivity contribution is 7.06. The minimum Gasteiger partial charge on any atom is -0.324 e. The molecule has 0 saturated heterocycles. The van der Waals surface area contributed by atoms with Crippen molar-refractivity contribution >= 4 is 28.6 Å². The summed E-state index contributed by atoms with van der Waals surface area (Å²) in [5, 5.41) is 22.4. The van der Waals surface area contributed by atoms with Crippen LogP contribution < -0.4 is 10.1 Å². The molecule has 0 atom stereocenters. The fourth-order valence-electron chi connectivity index (χ4n) is 1.48. The maximum absolute atomic E-state index is 11.7. The topological polar surface area (TPSA) is 101 Å². The highest BCUT2D eigenvalue weighted by atomic mass is 32.1. The molecule has 1 heterocycles. The van der Waals surface area contributed by atoms with Crippen molar-refractivity contribution < 1.29 is 9.72 Å². The largest absolute Gasteiger partial charge is 0.324 e. The maximum atomic E-state index is 11.7. The first-order valence-corrected chi connectivity index (χ1v) is 6.17. The van der Waals surface area contributed by atoms with Crippen LogP contribution in [-0.2, 0) is 11.3 Å². The number of carbonyl (C=O) groups is 1. The van der Waals surface area contributed by atoms with Crippen molar-refractivity contribution in [2.24, 2.45) is 0 Å². The SMILES string of the molecule is N=c1sccn1CC(=O)Nc1cccc([N+](=O)[O-])c1. The van der Waals surface area contributed by atoms with E-state index >= 15 is 0 Å². The molecule has 1 aromatic heterocycles. The zero-order valence-electron chi connectivity index (χ0n) is 9.70. The predicted octanol–water partition coefficient (Wildman–Crippen LogP) is 1.58. The van der Waals surface area contributed by atoms with E-state index in [1.54, 1.807) is 17.6 Å². The van der Waals surface area contributed by atoms with Gasteiger partial charge in [0.1, 0.15) is 6.54 Å². The lowest BCUT2D eigenvalue weighted by Gasteiger charge is -2.05. The van der Waals surface area contributed by atoms with Crippen LogP contribution in [0, 0.1) is 15.5 Å². The summed E-state index contributed by atoms with van der Waals surface area (Å²) in [6, 6.07) is 5.72. The molecule has 0 fully saturated rings. The van der Waals surface area contributed by atoms with Crippen LogP contribution in [0.5, 0.6) is 0 Å². The van der Waals surface area contributed by atoms with E-state index in [1.165, 1.54) is 34.1 Å². The summed E-state index contributed by atoms with van der Waals surface area (Å²) in [7, 11) is 0. The van der Waals surface area contributed by atoms with Crippen molar-refractivity contribution in [1.29, 1.82) is 5.41 Å². The van der Waals surface area contributed by atoms with Gasteiger partial charge in [0.25, 0.3) is 5.69 Å². The first-order valence-electron chi connectivity index (χ1n) is 5.29. The number of nitro groups is 1. The molecule has 2 N–H and O–H groups in total. The Balaban J connectivity index is 2.07. The van der Waals surface area contributed by atoms with E-state index in [1.807, 2.05) is 0 Å². The third-order valence-corrected chi connectivity index (χ3v) is 3.05. The van der Waals surface area contributed by atoms with E-state index < -0.39 is 4.92 Å². The molecule has 0 spiro atoms. The number of benzene rings is 1. The second-order valence-electron chi connectivity index (χ2n) is 3.69. The van der Waals surface area contributed by atoms with Crippen LogP contribution >= 0.6 is 11.3 Å². The van der Waals surface area contributed by atoms with Crippen LogP contribution in [0.4, 0.5) is 11.4 Å². The molecule has 0 bridgehead atoms. The summed E-state index contributed by atoms with van der Waals surface area (Å²) < 4.78 is 1.48. The van der Waals surface area contributed by atoms with Gasteiger partial charge in [0.15, 0.2) is 4.80 Å². The molecule has 19 heavy (non-hydrogen) atoms. The third-order valence-electron chi connectivity index (χ3n) is 2.34. The number of anilines is 1. The first kappa shape index (κ1) is 13.0. The fourth-order valence-corrected chi connectivity index (χ4v) is 2.08. The number of thiazole rings is 1. The Labute approximate surface area is 111 Å². The van der Waals surface area contributed by atoms with Crippen molar-refractivity contribution in [1.82, 2.24) is 4.57 Å². The van der Waals surface area contributed by atoms with E-state index in [0.29, 0.717) is 5.69 Å². The van der Waals surface area contributed by atoms with Gasteiger partial charge >= 0.3 is 0 Å². The lowest BCUT2D eigenvalue weighted by atomic mass is 10.3. The standard InChI is InChI=1S/C11H10N4O3S/c12-11-14(4-5-19-11)7-10(16)13-8-2-1-3-9(6-8)15(17)18/h1-6,12H,7H2,(H,13,16). The minimum atomic E-state index is -0.523. The van der Waals surface area contributed by atoms with Gasteiger partial charge in [0.05, 0.1) is 4.92 Å². The molecule has 1 amide bonds. The molecule has 8 heteroatoms. The van der Waals surface area contributed by atoms with Gasteiger partial charge in [0, 0.05) is 29.4 Å². The van der Waals surface area contributed by atoms with Gasteiger partial charge in [0.2, 0.25) is 5.91 Å². The van der Waals surface area contributed by atoms with Gasteiger partial charge in [-0.25, -0.2) is 0 Å². The van der Waals surface area contributed by atoms with Crippen LogP contribution in [0.3, 0.4) is 0 Å². The maximum Gasteiger partial charge on any atom is 0.271 e. The van der Waals surface area contributed by atoms with Crippen LogP contribution in [0.25, 0.3) is 0 Å². The number of nitro benzene ring substituents is 1. The number of nitrogens with one attached hydrogen (secondary N) is 2. The summed E-state index contributed by atoms with van der Waals surface area (Å²) in [6.07, 6.45) is 1.64. The van der Waals surface area contributed by atoms with Crippen molar-refractivity contribution in [3.8, 4) is 0 Å². The molecule has 2 rings (SSSR count). The summed E-state index contributed by atoms with van der Waals surface area (Å²) in [4.78, 5) is 22.1. The molecule has 1 aromatic carbocycles. The Kier molecular flexibility index (Phi) is 3.71. The molecule has 98 valence electrons. The Morgan fingerprint density at radius 3 is 2.95 bits per heavy atom. The van der Waals surface area contributed by atoms with Crippen LogP contribution in [-0.4, -0.2) is 15.4 Å². The summed E-state index contributed by atoms with van der Waals surface area (Å²) in [6.45, 7) is 0.00499. The molecule has 0 aliphatic carbocycles. The molecular formula is C11H10N4O3S. The van der Waals surface area contributed by atoms with E-state index in [9.17, 15) is 14.9 Å². The summed E-state index contributed by atoms with van der Waals surface area (Å²) in [5.41, 5.74) is 0.281. The van der Waals surface area contributed by atoms with E-state index in [-0.39, 0.29) is 22.9 Å². The Bertz CT molecular complexity index is 676. The molecule has 0 radical (unpaired) electrons. The van der Waals surface area contributed by atoms with Gasteiger partial charge in [-0.05, 0) is 6.07 Å². The monoisotopic (exact) mass is 278 g/mol. The van der Waals surface area contributed by atoms with Gasteiger partial charge in [-0.1, -0.05) is 6.07 Å². The predicted molar refractivity (Wildman–Crippen MR) is 69.9 cm³/mol. The summed E-state index contributed by atoms with van der Waals surface area (Å²) in [5.74, 6) is -0.336. The molecular weight excluding hydrogens is 268 g/mol. The van der Waals surface area contributed by atoms with Crippen molar-refractivity contribution in [3.05, 3.63) is 50.8 Å². The summed E-state index contributed by atoms with van der Waals surface area (Å²) >= 11 is 1.22. The average Bonchev–Trinajstić information content (AvgIpc) is 2.75. The number of nitrogens with zero attached hydrogens (tertiary/aromatic N) is 2. The average molecular weight is 278 g/mol. The van der Waals surface area contributed by atoms with E-state index in [2.05, 4.69) is 5.32 Å². The molecule has 2 aromatic rings. The zero-order chi connectivity index (χ0) is 13.8. The third kappa shape index (κ3) is 3.26. The molecule has 0 aliphatic rings. The van der Waals surface area contributed by atoms with Gasteiger partial charge in [-0.15, -0.1) is 11.3 Å². The quantitative estimate of drug-likeness (QED) is 0.655. The number of hydrogen-bond donors (Lipinski definition) is 2. The van der Waals surface area contributed by atoms with Gasteiger partial charge < -0.3 is 9.88 Å². The van der Waals surface area contributed by atoms with Gasteiger partial charge in [-0.3, -0.25) is 20.3 Å². The van der Waals surface area contributed by atoms with Crippen molar-refractivity contribution in [3.63, 3.8) is 0 Å². The lowest BCUT2D eigenvalue weighted by molar-refractivity contribution is -0.384. The van der Waals surface area contributed by atoms with E-state index in [4.69, 9.17) is 5.41 Å². The molecule has 0 saturated carbocycles. The Morgan fingerprint density at radius 2 is 2.32 bits per heavy atom. The smallest absolute Gasteiger partial charge is 0.271 e. The normalized spacial score (nSPS) is 10.1. The Hall–Kier alpha value is -2.48. The number of rotatable bonds is 4. The van der Waals surface area contributed by atoms with Gasteiger partial charge in [-0.2, -0.15) is 0 Å². The van der Waals surface area contributed by atoms with Crippen LogP contribution in [0.15, 0.2) is 35.8 Å². The van der Waals surface area contributed by atoms with Crippen molar-refractivity contribution in [2.75, 3.05) is 5.32 Å². The highest BCUT2D eigenvalue weighted by Crippen LogP contribution is 2.16. The number of aromatic nitrogens is 1. The Morgan fingerprint density at radius 1 is 1.53 bits per heavy atom. The molecule has 7 nitrogen and oxygen atoms in total. The molecule has 0 aliphatic heterocycles. The number of carbonyl (C=O) groups excluding carboxylic acids is 1. The number of hydrogen-bond acceptors (Lipinski definition) is 5. The van der Waals surface area contributed by atoms with E-state index in [0.717, 1.165) is 0 Å². The first-order chi connectivity index (χ1) is 9.06. The number of non-ortho nitro benzene ring substituents is 1. The van der Waals surface area contributed by atoms with Crippen LogP contribution in [0.1, 0.15) is 0 Å². The minimum absolute atomic E-state index is 0.00499. The molecule has 0 unspecified atom stereocenters. The fraction of sp³-hybridized carbons (Fsp3) is 0.0909. The lowest BCUT2D eigenvalue weighted by Crippen LogP contribution is -2.23. The van der Waals surface area contributed by atoms with Crippen molar-refractivity contribution in [2.45, 2.75) is 6.54 Å². The highest BCUT2D eigenvalue weighted by Gasteiger charge is 2.08.